The predicted molar refractivity (Wildman–Crippen MR) is 74.0 cm³/mol. The Morgan fingerprint density at radius 2 is 2.32 bits per heavy atom. The molecule has 19 heavy (non-hydrogen) atoms. The summed E-state index contributed by atoms with van der Waals surface area (Å²) in [7, 11) is 1.95. The van der Waals surface area contributed by atoms with Crippen molar-refractivity contribution < 1.29 is 5.11 Å². The number of aromatic nitrogens is 3. The van der Waals surface area contributed by atoms with Crippen molar-refractivity contribution in [1.82, 2.24) is 14.3 Å². The number of aliphatic hydroxyl groups excluding tert-OH is 1. The lowest BCUT2D eigenvalue weighted by atomic mass is 9.95. The van der Waals surface area contributed by atoms with Crippen LogP contribution < -0.4 is 0 Å². The van der Waals surface area contributed by atoms with Crippen molar-refractivity contribution in [2.24, 2.45) is 7.05 Å². The highest BCUT2D eigenvalue weighted by atomic mass is 16.3. The van der Waals surface area contributed by atoms with Crippen LogP contribution in [0.4, 0.5) is 0 Å². The molecule has 0 amide bonds. The largest absolute Gasteiger partial charge is 0.388 e. The third-order valence-corrected chi connectivity index (χ3v) is 4.06. The maximum Gasteiger partial charge on any atom is 0.0807 e. The first-order valence-corrected chi connectivity index (χ1v) is 7.00. The third-order valence-electron chi connectivity index (χ3n) is 4.06. The number of aryl methyl sites for hydroxylation is 3. The van der Waals surface area contributed by atoms with Crippen LogP contribution in [-0.2, 0) is 26.4 Å². The van der Waals surface area contributed by atoms with Gasteiger partial charge >= 0.3 is 0 Å². The molecule has 1 N–H and O–H groups in total. The van der Waals surface area contributed by atoms with E-state index in [0.29, 0.717) is 0 Å². The van der Waals surface area contributed by atoms with E-state index in [0.717, 1.165) is 43.5 Å². The molecule has 102 valence electrons. The van der Waals surface area contributed by atoms with Gasteiger partial charge in [0.1, 0.15) is 0 Å². The van der Waals surface area contributed by atoms with E-state index in [1.165, 1.54) is 11.4 Å². The fraction of sp³-hybridized carbons (Fsp3) is 0.533. The molecule has 1 aliphatic rings. The van der Waals surface area contributed by atoms with E-state index in [1.54, 1.807) is 0 Å². The van der Waals surface area contributed by atoms with E-state index >= 15 is 0 Å². The van der Waals surface area contributed by atoms with Gasteiger partial charge in [0.2, 0.25) is 0 Å². The molecule has 0 aromatic carbocycles. The molecule has 2 aromatic rings. The van der Waals surface area contributed by atoms with Crippen molar-refractivity contribution in [2.45, 2.75) is 45.3 Å². The molecule has 0 radical (unpaired) electrons. The molecule has 3 rings (SSSR count). The Labute approximate surface area is 113 Å². The molecule has 2 heterocycles. The molecular formula is C15H21N3O. The lowest BCUT2D eigenvalue weighted by molar-refractivity contribution is 0.155. The number of aliphatic hydroxyl groups is 1. The molecule has 0 spiro atoms. The van der Waals surface area contributed by atoms with E-state index in [9.17, 15) is 5.11 Å². The summed E-state index contributed by atoms with van der Waals surface area (Å²) in [4.78, 5) is 0. The molecule has 1 unspecified atom stereocenters. The minimum absolute atomic E-state index is 0.265. The van der Waals surface area contributed by atoms with Crippen LogP contribution >= 0.6 is 0 Å². The van der Waals surface area contributed by atoms with Gasteiger partial charge in [-0.15, -0.1) is 0 Å². The van der Waals surface area contributed by atoms with Gasteiger partial charge < -0.3 is 9.67 Å². The van der Waals surface area contributed by atoms with Crippen LogP contribution in [0.3, 0.4) is 0 Å². The highest BCUT2D eigenvalue weighted by molar-refractivity contribution is 5.31. The molecular weight excluding hydrogens is 238 g/mol. The zero-order valence-corrected chi connectivity index (χ0v) is 11.6. The van der Waals surface area contributed by atoms with E-state index in [2.05, 4.69) is 28.7 Å². The summed E-state index contributed by atoms with van der Waals surface area (Å²) in [6.45, 7) is 3.08. The highest BCUT2D eigenvalue weighted by Gasteiger charge is 2.22. The summed E-state index contributed by atoms with van der Waals surface area (Å²) < 4.78 is 4.20. The monoisotopic (exact) mass is 259 g/mol. The first-order valence-electron chi connectivity index (χ1n) is 7.00. The van der Waals surface area contributed by atoms with Gasteiger partial charge in [0.15, 0.2) is 0 Å². The Morgan fingerprint density at radius 1 is 1.47 bits per heavy atom. The fourth-order valence-electron chi connectivity index (χ4n) is 3.08. The maximum atomic E-state index is 10.1. The first kappa shape index (κ1) is 12.5. The summed E-state index contributed by atoms with van der Waals surface area (Å²) in [5, 5.41) is 14.5. The van der Waals surface area contributed by atoms with Crippen LogP contribution in [-0.4, -0.2) is 19.5 Å². The predicted octanol–water partition coefficient (Wildman–Crippen LogP) is 2.14. The second kappa shape index (κ2) is 4.85. The van der Waals surface area contributed by atoms with Gasteiger partial charge in [0, 0.05) is 43.2 Å². The molecule has 4 heteroatoms. The molecule has 0 bridgehead atoms. The smallest absolute Gasteiger partial charge is 0.0807 e. The quantitative estimate of drug-likeness (QED) is 0.917. The van der Waals surface area contributed by atoms with Crippen molar-refractivity contribution in [3.05, 3.63) is 41.0 Å². The third kappa shape index (κ3) is 2.32. The minimum Gasteiger partial charge on any atom is -0.388 e. The Hall–Kier alpha value is -1.55. The maximum absolute atomic E-state index is 10.1. The molecule has 1 atom stereocenters. The van der Waals surface area contributed by atoms with E-state index in [-0.39, 0.29) is 6.10 Å². The standard InChI is InChI=1S/C15H21N3O/c1-11-10-13-14(4-3-5-15(13)19)18(11)9-7-12-6-8-17(2)16-12/h6,8,10,15,19H,3-5,7,9H2,1-2H3. The number of hydrogen-bond acceptors (Lipinski definition) is 2. The molecule has 4 nitrogen and oxygen atoms in total. The second-order valence-electron chi connectivity index (χ2n) is 5.48. The molecule has 0 fully saturated rings. The van der Waals surface area contributed by atoms with Gasteiger partial charge in [0.05, 0.1) is 11.8 Å². The molecule has 0 aliphatic heterocycles. The summed E-state index contributed by atoms with van der Waals surface area (Å²) in [5.41, 5.74) is 4.85. The first-order chi connectivity index (χ1) is 9.15. The number of fused-ring (bicyclic) bond motifs is 1. The number of hydrogen-bond donors (Lipinski definition) is 1. The Bertz CT molecular complexity index is 582. The molecule has 1 aliphatic carbocycles. The van der Waals surface area contributed by atoms with Gasteiger partial charge in [-0.2, -0.15) is 5.10 Å². The van der Waals surface area contributed by atoms with Crippen molar-refractivity contribution in [3.8, 4) is 0 Å². The molecule has 0 saturated heterocycles. The Morgan fingerprint density at radius 3 is 3.05 bits per heavy atom. The second-order valence-corrected chi connectivity index (χ2v) is 5.48. The lowest BCUT2D eigenvalue weighted by Gasteiger charge is -2.20. The summed E-state index contributed by atoms with van der Waals surface area (Å²) in [6, 6.07) is 4.22. The van der Waals surface area contributed by atoms with Crippen LogP contribution in [0.1, 0.15) is 41.6 Å². The number of nitrogens with zero attached hydrogens (tertiary/aromatic N) is 3. The zero-order chi connectivity index (χ0) is 13.4. The average molecular weight is 259 g/mol. The van der Waals surface area contributed by atoms with Gasteiger partial charge in [-0.1, -0.05) is 0 Å². The van der Waals surface area contributed by atoms with E-state index in [4.69, 9.17) is 0 Å². The minimum atomic E-state index is -0.265. The summed E-state index contributed by atoms with van der Waals surface area (Å²) >= 11 is 0. The van der Waals surface area contributed by atoms with Crippen LogP contribution in [0.25, 0.3) is 0 Å². The molecule has 2 aromatic heterocycles. The Kier molecular flexibility index (Phi) is 3.19. The van der Waals surface area contributed by atoms with Crippen LogP contribution in [0.5, 0.6) is 0 Å². The van der Waals surface area contributed by atoms with Gasteiger partial charge in [-0.25, -0.2) is 0 Å². The van der Waals surface area contributed by atoms with Gasteiger partial charge in [-0.3, -0.25) is 4.68 Å². The molecule has 0 saturated carbocycles. The highest BCUT2D eigenvalue weighted by Crippen LogP contribution is 2.32. The lowest BCUT2D eigenvalue weighted by Crippen LogP contribution is -2.13. The SMILES string of the molecule is Cc1cc2c(n1CCc1ccn(C)n1)CCCC2O. The average Bonchev–Trinajstić information content (AvgIpc) is 2.92. The topological polar surface area (TPSA) is 43.0 Å². The fourth-order valence-corrected chi connectivity index (χ4v) is 3.08. The van der Waals surface area contributed by atoms with Crippen molar-refractivity contribution in [2.75, 3.05) is 0 Å². The van der Waals surface area contributed by atoms with Crippen molar-refractivity contribution in [3.63, 3.8) is 0 Å². The normalized spacial score (nSPS) is 18.6. The Balaban J connectivity index is 1.81. The van der Waals surface area contributed by atoms with E-state index in [1.807, 2.05) is 17.9 Å². The van der Waals surface area contributed by atoms with E-state index < -0.39 is 0 Å². The van der Waals surface area contributed by atoms with Crippen LogP contribution in [0.15, 0.2) is 18.3 Å². The van der Waals surface area contributed by atoms with Crippen LogP contribution in [0.2, 0.25) is 0 Å². The van der Waals surface area contributed by atoms with Gasteiger partial charge in [0.25, 0.3) is 0 Å². The van der Waals surface area contributed by atoms with Crippen LogP contribution in [0, 0.1) is 6.92 Å². The summed E-state index contributed by atoms with van der Waals surface area (Å²) in [6.07, 6.45) is 5.73. The van der Waals surface area contributed by atoms with Gasteiger partial charge in [-0.05, 0) is 38.3 Å². The zero-order valence-electron chi connectivity index (χ0n) is 11.6. The summed E-state index contributed by atoms with van der Waals surface area (Å²) in [5.74, 6) is 0. The van der Waals surface area contributed by atoms with Crippen molar-refractivity contribution in [1.29, 1.82) is 0 Å². The number of rotatable bonds is 3. The van der Waals surface area contributed by atoms with Crippen molar-refractivity contribution >= 4 is 0 Å².